The number of hydrogen-bond acceptors (Lipinski definition) is 0. The molecule has 0 spiro atoms. The van der Waals surface area contributed by atoms with E-state index in [-0.39, 0.29) is 0 Å². The van der Waals surface area contributed by atoms with E-state index >= 15 is 0 Å². The molecule has 10 heavy (non-hydrogen) atoms. The van der Waals surface area contributed by atoms with Gasteiger partial charge in [0.1, 0.15) is 4.87 Å². The SMILES string of the molecule is C#CC(Cl)(C(C)C)C(C)C. The van der Waals surface area contributed by atoms with Gasteiger partial charge in [0, 0.05) is 0 Å². The van der Waals surface area contributed by atoms with Crippen molar-refractivity contribution in [3.8, 4) is 12.3 Å². The second-order valence-electron chi connectivity index (χ2n) is 3.22. The molecule has 0 saturated heterocycles. The van der Waals surface area contributed by atoms with Crippen molar-refractivity contribution in [2.45, 2.75) is 32.6 Å². The van der Waals surface area contributed by atoms with Gasteiger partial charge >= 0.3 is 0 Å². The van der Waals surface area contributed by atoms with Gasteiger partial charge in [-0.25, -0.2) is 0 Å². The second-order valence-corrected chi connectivity index (χ2v) is 3.85. The highest BCUT2D eigenvalue weighted by atomic mass is 35.5. The van der Waals surface area contributed by atoms with Crippen LogP contribution in [-0.4, -0.2) is 4.87 Å². The highest BCUT2D eigenvalue weighted by Crippen LogP contribution is 2.32. The molecule has 0 atom stereocenters. The molecule has 0 aromatic rings. The molecule has 1 heteroatoms. The van der Waals surface area contributed by atoms with Gasteiger partial charge in [-0.1, -0.05) is 33.6 Å². The largest absolute Gasteiger partial charge is 0.118 e. The van der Waals surface area contributed by atoms with E-state index in [1.54, 1.807) is 0 Å². The quantitative estimate of drug-likeness (QED) is 0.428. The first-order valence-electron chi connectivity index (χ1n) is 3.61. The number of halogens is 1. The Bertz CT molecular complexity index is 131. The molecule has 0 bridgehead atoms. The van der Waals surface area contributed by atoms with Crippen LogP contribution in [0.25, 0.3) is 0 Å². The molecule has 0 aliphatic rings. The zero-order valence-corrected chi connectivity index (χ0v) is 7.87. The van der Waals surface area contributed by atoms with E-state index in [1.807, 2.05) is 27.7 Å². The summed E-state index contributed by atoms with van der Waals surface area (Å²) in [6.07, 6.45) is 5.33. The zero-order valence-electron chi connectivity index (χ0n) is 7.11. The predicted molar refractivity (Wildman–Crippen MR) is 47.1 cm³/mol. The molecular formula is C9H15Cl. The summed E-state index contributed by atoms with van der Waals surface area (Å²) in [6, 6.07) is 0. The summed E-state index contributed by atoms with van der Waals surface area (Å²) in [7, 11) is 0. The van der Waals surface area contributed by atoms with Crippen LogP contribution in [0.3, 0.4) is 0 Å². The molecule has 0 N–H and O–H groups in total. The number of rotatable bonds is 2. The molecule has 58 valence electrons. The van der Waals surface area contributed by atoms with Crippen molar-refractivity contribution in [2.24, 2.45) is 11.8 Å². The third kappa shape index (κ3) is 1.67. The van der Waals surface area contributed by atoms with E-state index in [0.717, 1.165) is 0 Å². The van der Waals surface area contributed by atoms with Crippen LogP contribution < -0.4 is 0 Å². The molecule has 0 aromatic heterocycles. The predicted octanol–water partition coefficient (Wildman–Crippen LogP) is 2.91. The van der Waals surface area contributed by atoms with Crippen molar-refractivity contribution in [1.29, 1.82) is 0 Å². The van der Waals surface area contributed by atoms with Gasteiger partial charge in [0.15, 0.2) is 0 Å². The molecule has 0 radical (unpaired) electrons. The highest BCUT2D eigenvalue weighted by molar-refractivity contribution is 6.26. The first-order valence-corrected chi connectivity index (χ1v) is 3.99. The van der Waals surface area contributed by atoms with Gasteiger partial charge in [-0.15, -0.1) is 18.0 Å². The van der Waals surface area contributed by atoms with Gasteiger partial charge in [-0.3, -0.25) is 0 Å². The van der Waals surface area contributed by atoms with Gasteiger partial charge in [0.25, 0.3) is 0 Å². The second kappa shape index (κ2) is 3.30. The van der Waals surface area contributed by atoms with E-state index < -0.39 is 4.87 Å². The van der Waals surface area contributed by atoms with Gasteiger partial charge in [-0.2, -0.15) is 0 Å². The zero-order chi connectivity index (χ0) is 8.36. The Balaban J connectivity index is 4.43. The lowest BCUT2D eigenvalue weighted by Crippen LogP contribution is -2.32. The molecule has 0 nitrogen and oxygen atoms in total. The minimum absolute atomic E-state index is 0.333. The summed E-state index contributed by atoms with van der Waals surface area (Å²) < 4.78 is 0. The first-order chi connectivity index (χ1) is 4.45. The van der Waals surface area contributed by atoms with Crippen LogP contribution in [0.2, 0.25) is 0 Å². The third-order valence-electron chi connectivity index (χ3n) is 1.90. The Labute approximate surface area is 69.0 Å². The van der Waals surface area contributed by atoms with Crippen LogP contribution in [0.4, 0.5) is 0 Å². The monoisotopic (exact) mass is 158 g/mol. The third-order valence-corrected chi connectivity index (χ3v) is 2.88. The summed E-state index contributed by atoms with van der Waals surface area (Å²) in [5.41, 5.74) is 0. The molecule has 0 rings (SSSR count). The lowest BCUT2D eigenvalue weighted by atomic mass is 9.85. The van der Waals surface area contributed by atoms with Gasteiger partial charge in [-0.05, 0) is 11.8 Å². The molecule has 0 saturated carbocycles. The topological polar surface area (TPSA) is 0 Å². The molecule has 0 aromatic carbocycles. The smallest absolute Gasteiger partial charge is 0.109 e. The van der Waals surface area contributed by atoms with Gasteiger partial charge in [0.2, 0.25) is 0 Å². The minimum Gasteiger partial charge on any atom is -0.118 e. The van der Waals surface area contributed by atoms with Gasteiger partial charge < -0.3 is 0 Å². The molecule has 0 heterocycles. The first kappa shape index (κ1) is 9.85. The van der Waals surface area contributed by atoms with E-state index in [9.17, 15) is 0 Å². The van der Waals surface area contributed by atoms with Crippen LogP contribution in [0.5, 0.6) is 0 Å². The molecule has 0 amide bonds. The summed E-state index contributed by atoms with van der Waals surface area (Å²) in [5, 5.41) is 0. The number of terminal acetylenes is 1. The van der Waals surface area contributed by atoms with Crippen molar-refractivity contribution < 1.29 is 0 Å². The van der Waals surface area contributed by atoms with E-state index in [1.165, 1.54) is 0 Å². The fourth-order valence-electron chi connectivity index (χ4n) is 1.00. The van der Waals surface area contributed by atoms with E-state index in [4.69, 9.17) is 18.0 Å². The van der Waals surface area contributed by atoms with Crippen LogP contribution in [0, 0.1) is 24.2 Å². The Kier molecular flexibility index (Phi) is 3.25. The minimum atomic E-state index is -0.458. The Morgan fingerprint density at radius 1 is 1.20 bits per heavy atom. The van der Waals surface area contributed by atoms with Crippen LogP contribution in [-0.2, 0) is 0 Å². The molecule has 0 aliphatic carbocycles. The van der Waals surface area contributed by atoms with Crippen molar-refractivity contribution in [1.82, 2.24) is 0 Å². The average Bonchev–Trinajstić information content (AvgIpc) is 1.85. The van der Waals surface area contributed by atoms with Crippen molar-refractivity contribution >= 4 is 11.6 Å². The summed E-state index contributed by atoms with van der Waals surface area (Å²) in [6.45, 7) is 8.19. The Hall–Kier alpha value is -0.150. The lowest BCUT2D eigenvalue weighted by molar-refractivity contribution is 0.402. The van der Waals surface area contributed by atoms with E-state index in [2.05, 4.69) is 5.92 Å². The average molecular weight is 159 g/mol. The maximum absolute atomic E-state index is 6.16. The summed E-state index contributed by atoms with van der Waals surface area (Å²) in [5.74, 6) is 3.31. The highest BCUT2D eigenvalue weighted by Gasteiger charge is 2.32. The summed E-state index contributed by atoms with van der Waals surface area (Å²) >= 11 is 6.16. The molecule has 0 fully saturated rings. The fraction of sp³-hybridized carbons (Fsp3) is 0.778. The maximum Gasteiger partial charge on any atom is 0.109 e. The van der Waals surface area contributed by atoms with Crippen LogP contribution in [0.1, 0.15) is 27.7 Å². The number of alkyl halides is 1. The number of hydrogen-bond donors (Lipinski definition) is 0. The standard InChI is InChI=1S/C9H15Cl/c1-6-9(10,7(2)3)8(4)5/h1,7-8H,2-5H3. The normalized spacial score (nSPS) is 12.2. The molecule has 0 unspecified atom stereocenters. The van der Waals surface area contributed by atoms with E-state index in [0.29, 0.717) is 11.8 Å². The fourth-order valence-corrected chi connectivity index (χ4v) is 1.00. The summed E-state index contributed by atoms with van der Waals surface area (Å²) in [4.78, 5) is -0.458. The van der Waals surface area contributed by atoms with Crippen molar-refractivity contribution in [3.63, 3.8) is 0 Å². The van der Waals surface area contributed by atoms with Crippen molar-refractivity contribution in [2.75, 3.05) is 0 Å². The molecule has 0 aliphatic heterocycles. The Morgan fingerprint density at radius 2 is 1.50 bits per heavy atom. The maximum atomic E-state index is 6.16. The van der Waals surface area contributed by atoms with Crippen molar-refractivity contribution in [3.05, 3.63) is 0 Å². The van der Waals surface area contributed by atoms with Crippen LogP contribution >= 0.6 is 11.6 Å². The lowest BCUT2D eigenvalue weighted by Gasteiger charge is -2.29. The van der Waals surface area contributed by atoms with Gasteiger partial charge in [0.05, 0.1) is 0 Å². The van der Waals surface area contributed by atoms with Crippen LogP contribution in [0.15, 0.2) is 0 Å². The molecular weight excluding hydrogens is 144 g/mol. The Morgan fingerprint density at radius 3 is 1.50 bits per heavy atom.